The molecule has 0 amide bonds. The lowest BCUT2D eigenvalue weighted by Gasteiger charge is -2.09. The Hall–Kier alpha value is -1.55. The number of anilines is 1. The summed E-state index contributed by atoms with van der Waals surface area (Å²) in [7, 11) is 0. The summed E-state index contributed by atoms with van der Waals surface area (Å²) in [5.41, 5.74) is 1.99. The molecule has 0 fully saturated rings. The first kappa shape index (κ1) is 11.9. The monoisotopic (exact) mass is 251 g/mol. The van der Waals surface area contributed by atoms with Crippen molar-refractivity contribution in [3.8, 4) is 0 Å². The van der Waals surface area contributed by atoms with E-state index in [0.29, 0.717) is 5.15 Å². The van der Waals surface area contributed by atoms with Crippen molar-refractivity contribution in [3.05, 3.63) is 40.4 Å². The van der Waals surface area contributed by atoms with Gasteiger partial charge in [0.25, 0.3) is 0 Å². The minimum atomic E-state index is 0.457. The van der Waals surface area contributed by atoms with Gasteiger partial charge in [-0.15, -0.1) is 10.2 Å². The number of rotatable bonds is 4. The van der Waals surface area contributed by atoms with Crippen molar-refractivity contribution >= 4 is 17.4 Å². The number of nitrogens with zero attached hydrogens (tertiary/aromatic N) is 2. The number of nitrogens with one attached hydrogen (secondary N) is 1. The number of aromatic nitrogens is 2. The van der Waals surface area contributed by atoms with Gasteiger partial charge >= 0.3 is 0 Å². The van der Waals surface area contributed by atoms with Crippen LogP contribution in [0.3, 0.4) is 0 Å². The third-order valence-electron chi connectivity index (χ3n) is 2.71. The molecule has 0 unspecified atom stereocenters. The molecule has 0 spiro atoms. The van der Waals surface area contributed by atoms with Crippen molar-refractivity contribution in [2.24, 2.45) is 0 Å². The van der Waals surface area contributed by atoms with Crippen LogP contribution in [0.2, 0.25) is 5.15 Å². The summed E-state index contributed by atoms with van der Waals surface area (Å²) in [6.07, 6.45) is 2.49. The molecule has 0 atom stereocenters. The summed E-state index contributed by atoms with van der Waals surface area (Å²) in [5, 5.41) is 11.6. The zero-order valence-electron chi connectivity index (χ0n) is 9.83. The van der Waals surface area contributed by atoms with Gasteiger partial charge in [-0.2, -0.15) is 0 Å². The van der Waals surface area contributed by atoms with E-state index in [-0.39, 0.29) is 0 Å². The fourth-order valence-electron chi connectivity index (χ4n) is 1.50. The number of furan rings is 1. The zero-order chi connectivity index (χ0) is 12.3. The lowest BCUT2D eigenvalue weighted by molar-refractivity contribution is 0.513. The maximum absolute atomic E-state index is 5.88. The summed E-state index contributed by atoms with van der Waals surface area (Å²) >= 11 is 5.88. The maximum atomic E-state index is 5.88. The van der Waals surface area contributed by atoms with Gasteiger partial charge in [0.2, 0.25) is 0 Å². The first-order valence-electron chi connectivity index (χ1n) is 5.44. The van der Waals surface area contributed by atoms with Crippen molar-refractivity contribution < 1.29 is 4.42 Å². The van der Waals surface area contributed by atoms with E-state index >= 15 is 0 Å². The van der Waals surface area contributed by atoms with Gasteiger partial charge in [-0.05, 0) is 37.1 Å². The fraction of sp³-hybridized carbons (Fsp3) is 0.333. The molecule has 2 aromatic rings. The van der Waals surface area contributed by atoms with Crippen molar-refractivity contribution in [3.63, 3.8) is 0 Å². The second kappa shape index (κ2) is 5.19. The van der Waals surface area contributed by atoms with Crippen LogP contribution in [0, 0.1) is 13.8 Å². The third-order valence-corrected chi connectivity index (χ3v) is 3.07. The molecule has 17 heavy (non-hydrogen) atoms. The van der Waals surface area contributed by atoms with Gasteiger partial charge in [0.1, 0.15) is 5.76 Å². The summed E-state index contributed by atoms with van der Waals surface area (Å²) < 4.78 is 5.25. The van der Waals surface area contributed by atoms with E-state index in [0.717, 1.165) is 35.7 Å². The van der Waals surface area contributed by atoms with Crippen LogP contribution in [0.15, 0.2) is 22.8 Å². The summed E-state index contributed by atoms with van der Waals surface area (Å²) in [6.45, 7) is 4.67. The predicted octanol–water partition coefficient (Wildman–Crippen LogP) is 2.99. The molecule has 0 aromatic carbocycles. The van der Waals surface area contributed by atoms with E-state index in [1.165, 1.54) is 0 Å². The second-order valence-electron chi connectivity index (χ2n) is 3.85. The summed E-state index contributed by atoms with van der Waals surface area (Å²) in [6, 6.07) is 3.83. The molecule has 1 N–H and O–H groups in total. The highest BCUT2D eigenvalue weighted by Crippen LogP contribution is 2.20. The molecule has 0 saturated heterocycles. The Kier molecular flexibility index (Phi) is 3.64. The Morgan fingerprint density at radius 3 is 2.82 bits per heavy atom. The zero-order valence-corrected chi connectivity index (χ0v) is 10.6. The SMILES string of the molecule is Cc1c(Cl)nnc(NCCc2ccco2)c1C. The van der Waals surface area contributed by atoms with Crippen LogP contribution in [0.1, 0.15) is 16.9 Å². The van der Waals surface area contributed by atoms with E-state index in [4.69, 9.17) is 16.0 Å². The van der Waals surface area contributed by atoms with Crippen LogP contribution in [-0.2, 0) is 6.42 Å². The van der Waals surface area contributed by atoms with Gasteiger partial charge in [-0.3, -0.25) is 0 Å². The normalized spacial score (nSPS) is 10.5. The Bertz CT molecular complexity index is 497. The molecule has 5 heteroatoms. The first-order valence-corrected chi connectivity index (χ1v) is 5.82. The molecule has 0 aliphatic carbocycles. The van der Waals surface area contributed by atoms with Crippen LogP contribution in [0.25, 0.3) is 0 Å². The molecule has 4 nitrogen and oxygen atoms in total. The molecule has 0 saturated carbocycles. The molecule has 0 bridgehead atoms. The number of hydrogen-bond donors (Lipinski definition) is 1. The Labute approximate surface area is 105 Å². The number of halogens is 1. The Morgan fingerprint density at radius 2 is 2.12 bits per heavy atom. The average Bonchev–Trinajstić information content (AvgIpc) is 2.82. The minimum Gasteiger partial charge on any atom is -0.469 e. The van der Waals surface area contributed by atoms with E-state index in [1.54, 1.807) is 6.26 Å². The third kappa shape index (κ3) is 2.77. The van der Waals surface area contributed by atoms with Gasteiger partial charge < -0.3 is 9.73 Å². The molecule has 0 radical (unpaired) electrons. The van der Waals surface area contributed by atoms with Crippen molar-refractivity contribution in [2.75, 3.05) is 11.9 Å². The van der Waals surface area contributed by atoms with Crippen molar-refractivity contribution in [2.45, 2.75) is 20.3 Å². The smallest absolute Gasteiger partial charge is 0.155 e. The van der Waals surface area contributed by atoms with Crippen LogP contribution in [0.4, 0.5) is 5.82 Å². The second-order valence-corrected chi connectivity index (χ2v) is 4.20. The fourth-order valence-corrected chi connectivity index (χ4v) is 1.68. The van der Waals surface area contributed by atoms with Gasteiger partial charge in [-0.1, -0.05) is 11.6 Å². The lowest BCUT2D eigenvalue weighted by atomic mass is 10.2. The van der Waals surface area contributed by atoms with Crippen LogP contribution < -0.4 is 5.32 Å². The van der Waals surface area contributed by atoms with E-state index in [1.807, 2.05) is 26.0 Å². The topological polar surface area (TPSA) is 51.0 Å². The summed E-state index contributed by atoms with van der Waals surface area (Å²) in [4.78, 5) is 0. The average molecular weight is 252 g/mol. The molecule has 0 aliphatic heterocycles. The molecule has 0 aliphatic rings. The Balaban J connectivity index is 1.97. The highest BCUT2D eigenvalue weighted by Gasteiger charge is 2.07. The summed E-state index contributed by atoms with van der Waals surface area (Å²) in [5.74, 6) is 1.73. The first-order chi connectivity index (χ1) is 8.18. The van der Waals surface area contributed by atoms with Gasteiger partial charge in [-0.25, -0.2) is 0 Å². The van der Waals surface area contributed by atoms with E-state index < -0.39 is 0 Å². The lowest BCUT2D eigenvalue weighted by Crippen LogP contribution is -2.09. The Morgan fingerprint density at radius 1 is 1.29 bits per heavy atom. The van der Waals surface area contributed by atoms with Crippen LogP contribution >= 0.6 is 11.6 Å². The molecule has 2 heterocycles. The molecule has 2 rings (SSSR count). The van der Waals surface area contributed by atoms with E-state index in [9.17, 15) is 0 Å². The van der Waals surface area contributed by atoms with Crippen LogP contribution in [-0.4, -0.2) is 16.7 Å². The largest absolute Gasteiger partial charge is 0.469 e. The highest BCUT2D eigenvalue weighted by molar-refractivity contribution is 6.30. The predicted molar refractivity (Wildman–Crippen MR) is 67.4 cm³/mol. The van der Waals surface area contributed by atoms with Crippen molar-refractivity contribution in [1.82, 2.24) is 10.2 Å². The van der Waals surface area contributed by atoms with Crippen LogP contribution in [0.5, 0.6) is 0 Å². The quantitative estimate of drug-likeness (QED) is 0.908. The molecule has 2 aromatic heterocycles. The van der Waals surface area contributed by atoms with E-state index in [2.05, 4.69) is 15.5 Å². The molecule has 90 valence electrons. The van der Waals surface area contributed by atoms with Gasteiger partial charge in [0, 0.05) is 13.0 Å². The highest BCUT2D eigenvalue weighted by atomic mass is 35.5. The molecular formula is C12H14ClN3O. The molecular weight excluding hydrogens is 238 g/mol. The van der Waals surface area contributed by atoms with Gasteiger partial charge in [0.15, 0.2) is 11.0 Å². The van der Waals surface area contributed by atoms with Crippen molar-refractivity contribution in [1.29, 1.82) is 0 Å². The van der Waals surface area contributed by atoms with Gasteiger partial charge in [0.05, 0.1) is 6.26 Å². The maximum Gasteiger partial charge on any atom is 0.155 e. The number of hydrogen-bond acceptors (Lipinski definition) is 4. The minimum absolute atomic E-state index is 0.457. The standard InChI is InChI=1S/C12H14ClN3O/c1-8-9(2)12(16-15-11(8)13)14-6-5-10-4-3-7-17-10/h3-4,7H,5-6H2,1-2H3,(H,14,16).